The Bertz CT molecular complexity index is 502. The number of carbonyl (C=O) groups excluding carboxylic acids is 1. The highest BCUT2D eigenvalue weighted by molar-refractivity contribution is 6.29. The predicted octanol–water partition coefficient (Wildman–Crippen LogP) is 2.38. The van der Waals surface area contributed by atoms with Crippen LogP contribution in [0.25, 0.3) is 0 Å². The summed E-state index contributed by atoms with van der Waals surface area (Å²) in [5.74, 6) is 0.0959. The number of rotatable bonds is 2. The van der Waals surface area contributed by atoms with E-state index >= 15 is 0 Å². The minimum Gasteiger partial charge on any atom is -0.305 e. The normalized spacial score (nSPS) is 9.81. The number of aromatic nitrogens is 2. The molecule has 1 N–H and O–H groups in total. The Morgan fingerprint density at radius 2 is 1.94 bits per heavy atom. The minimum atomic E-state index is -0.239. The van der Waals surface area contributed by atoms with Crippen molar-refractivity contribution in [3.8, 4) is 0 Å². The molecule has 80 valence electrons. The molecular formula is C11H8ClN3O. The third-order valence-electron chi connectivity index (χ3n) is 1.88. The summed E-state index contributed by atoms with van der Waals surface area (Å²) in [5.41, 5.74) is 0.560. The van der Waals surface area contributed by atoms with Crippen LogP contribution in [-0.2, 0) is 0 Å². The quantitative estimate of drug-likeness (QED) is 0.867. The van der Waals surface area contributed by atoms with Crippen molar-refractivity contribution in [1.82, 2.24) is 9.97 Å². The summed E-state index contributed by atoms with van der Waals surface area (Å²) in [6.45, 7) is 0. The third-order valence-corrected chi connectivity index (χ3v) is 2.06. The molecule has 1 aromatic heterocycles. The van der Waals surface area contributed by atoms with Gasteiger partial charge >= 0.3 is 0 Å². The molecule has 1 aromatic carbocycles. The van der Waals surface area contributed by atoms with Crippen LogP contribution in [0.4, 0.5) is 5.82 Å². The lowest BCUT2D eigenvalue weighted by molar-refractivity contribution is 0.102. The molecule has 0 aliphatic heterocycles. The van der Waals surface area contributed by atoms with Crippen molar-refractivity contribution in [2.75, 3.05) is 5.32 Å². The van der Waals surface area contributed by atoms with Gasteiger partial charge in [-0.15, -0.1) is 0 Å². The SMILES string of the molecule is O=C(Nc1cncc(Cl)n1)c1ccccc1. The van der Waals surface area contributed by atoms with Crippen molar-refractivity contribution in [2.45, 2.75) is 0 Å². The monoisotopic (exact) mass is 233 g/mol. The standard InChI is InChI=1S/C11H8ClN3O/c12-9-6-13-7-10(14-9)15-11(16)8-4-2-1-3-5-8/h1-7H,(H,14,15,16). The van der Waals surface area contributed by atoms with E-state index in [1.54, 1.807) is 24.3 Å². The molecule has 0 fully saturated rings. The number of carbonyl (C=O) groups is 1. The first-order chi connectivity index (χ1) is 7.75. The van der Waals surface area contributed by atoms with Crippen molar-refractivity contribution in [3.63, 3.8) is 0 Å². The zero-order valence-corrected chi connectivity index (χ0v) is 8.98. The predicted molar refractivity (Wildman–Crippen MR) is 61.4 cm³/mol. The Morgan fingerprint density at radius 3 is 2.62 bits per heavy atom. The van der Waals surface area contributed by atoms with Gasteiger partial charge < -0.3 is 5.32 Å². The van der Waals surface area contributed by atoms with Gasteiger partial charge in [0.25, 0.3) is 5.91 Å². The fourth-order valence-corrected chi connectivity index (χ4v) is 1.33. The van der Waals surface area contributed by atoms with Crippen LogP contribution in [0, 0.1) is 0 Å². The lowest BCUT2D eigenvalue weighted by atomic mass is 10.2. The van der Waals surface area contributed by atoms with Crippen molar-refractivity contribution in [2.24, 2.45) is 0 Å². The Morgan fingerprint density at radius 1 is 1.19 bits per heavy atom. The van der Waals surface area contributed by atoms with Crippen molar-refractivity contribution in [1.29, 1.82) is 0 Å². The summed E-state index contributed by atoms with van der Waals surface area (Å²) in [7, 11) is 0. The zero-order chi connectivity index (χ0) is 11.4. The van der Waals surface area contributed by atoms with E-state index in [2.05, 4.69) is 15.3 Å². The largest absolute Gasteiger partial charge is 0.305 e. The van der Waals surface area contributed by atoms with Crippen LogP contribution in [0.3, 0.4) is 0 Å². The van der Waals surface area contributed by atoms with Crippen LogP contribution in [0.15, 0.2) is 42.7 Å². The smallest absolute Gasteiger partial charge is 0.256 e. The van der Waals surface area contributed by atoms with Gasteiger partial charge in [-0.1, -0.05) is 29.8 Å². The highest BCUT2D eigenvalue weighted by Crippen LogP contribution is 2.08. The van der Waals surface area contributed by atoms with E-state index in [1.807, 2.05) is 6.07 Å². The van der Waals surface area contributed by atoms with Gasteiger partial charge in [-0.25, -0.2) is 4.98 Å². The molecule has 2 aromatic rings. The molecule has 0 bridgehead atoms. The van der Waals surface area contributed by atoms with E-state index in [-0.39, 0.29) is 11.1 Å². The number of halogens is 1. The number of hydrogen-bond donors (Lipinski definition) is 1. The van der Waals surface area contributed by atoms with Gasteiger partial charge in [0, 0.05) is 5.56 Å². The van der Waals surface area contributed by atoms with E-state index in [1.165, 1.54) is 12.4 Å². The fraction of sp³-hybridized carbons (Fsp3) is 0. The lowest BCUT2D eigenvalue weighted by Crippen LogP contribution is -2.12. The topological polar surface area (TPSA) is 54.9 Å². The lowest BCUT2D eigenvalue weighted by Gasteiger charge is -2.03. The molecule has 0 aliphatic carbocycles. The van der Waals surface area contributed by atoms with E-state index in [4.69, 9.17) is 11.6 Å². The maximum atomic E-state index is 11.7. The highest BCUT2D eigenvalue weighted by Gasteiger charge is 2.05. The fourth-order valence-electron chi connectivity index (χ4n) is 1.18. The molecule has 2 rings (SSSR count). The Balaban J connectivity index is 2.14. The molecule has 0 spiro atoms. The van der Waals surface area contributed by atoms with Crippen LogP contribution in [0.2, 0.25) is 5.15 Å². The molecular weight excluding hydrogens is 226 g/mol. The summed E-state index contributed by atoms with van der Waals surface area (Å²) >= 11 is 5.65. The number of hydrogen-bond acceptors (Lipinski definition) is 3. The third kappa shape index (κ3) is 2.55. The number of benzene rings is 1. The summed E-state index contributed by atoms with van der Waals surface area (Å²) < 4.78 is 0. The van der Waals surface area contributed by atoms with Gasteiger partial charge in [-0.2, -0.15) is 0 Å². The molecule has 0 aliphatic rings. The van der Waals surface area contributed by atoms with Gasteiger partial charge in [0.15, 0.2) is 5.82 Å². The second-order valence-corrected chi connectivity index (χ2v) is 3.43. The van der Waals surface area contributed by atoms with Gasteiger partial charge in [-0.05, 0) is 12.1 Å². The van der Waals surface area contributed by atoms with Crippen LogP contribution in [0.1, 0.15) is 10.4 Å². The molecule has 0 atom stereocenters. The van der Waals surface area contributed by atoms with Gasteiger partial charge in [0.1, 0.15) is 5.15 Å². The highest BCUT2D eigenvalue weighted by atomic mass is 35.5. The van der Waals surface area contributed by atoms with Crippen molar-refractivity contribution >= 4 is 23.3 Å². The van der Waals surface area contributed by atoms with Gasteiger partial charge in [-0.3, -0.25) is 9.78 Å². The molecule has 0 saturated carbocycles. The van der Waals surface area contributed by atoms with Crippen LogP contribution >= 0.6 is 11.6 Å². The molecule has 1 heterocycles. The first-order valence-corrected chi connectivity index (χ1v) is 4.97. The van der Waals surface area contributed by atoms with Gasteiger partial charge in [0.2, 0.25) is 0 Å². The van der Waals surface area contributed by atoms with Gasteiger partial charge in [0.05, 0.1) is 12.4 Å². The first kappa shape index (κ1) is 10.6. The van der Waals surface area contributed by atoms with E-state index in [0.29, 0.717) is 11.4 Å². The van der Waals surface area contributed by atoms with Crippen LogP contribution in [-0.4, -0.2) is 15.9 Å². The molecule has 0 radical (unpaired) electrons. The second-order valence-electron chi connectivity index (χ2n) is 3.05. The number of nitrogens with one attached hydrogen (secondary N) is 1. The molecule has 4 nitrogen and oxygen atoms in total. The van der Waals surface area contributed by atoms with Crippen molar-refractivity contribution in [3.05, 3.63) is 53.4 Å². The average molecular weight is 234 g/mol. The number of anilines is 1. The van der Waals surface area contributed by atoms with E-state index < -0.39 is 0 Å². The molecule has 16 heavy (non-hydrogen) atoms. The Hall–Kier alpha value is -1.94. The van der Waals surface area contributed by atoms with E-state index in [9.17, 15) is 4.79 Å². The molecule has 5 heteroatoms. The summed E-state index contributed by atoms with van der Waals surface area (Å²) in [6, 6.07) is 8.85. The minimum absolute atomic E-state index is 0.239. The van der Waals surface area contributed by atoms with Crippen molar-refractivity contribution < 1.29 is 4.79 Å². The average Bonchev–Trinajstić information content (AvgIpc) is 2.30. The first-order valence-electron chi connectivity index (χ1n) is 4.59. The number of amides is 1. The Kier molecular flexibility index (Phi) is 3.12. The number of nitrogens with zero attached hydrogens (tertiary/aromatic N) is 2. The summed E-state index contributed by atoms with van der Waals surface area (Å²) in [5, 5.41) is 2.84. The molecule has 0 unspecified atom stereocenters. The maximum Gasteiger partial charge on any atom is 0.256 e. The second kappa shape index (κ2) is 4.72. The van der Waals surface area contributed by atoms with Crippen LogP contribution in [0.5, 0.6) is 0 Å². The molecule has 1 amide bonds. The Labute approximate surface area is 97.3 Å². The van der Waals surface area contributed by atoms with Crippen LogP contribution < -0.4 is 5.32 Å². The summed E-state index contributed by atoms with van der Waals surface area (Å²) in [4.78, 5) is 19.4. The zero-order valence-electron chi connectivity index (χ0n) is 8.22. The molecule has 0 saturated heterocycles. The maximum absolute atomic E-state index is 11.7. The summed E-state index contributed by atoms with van der Waals surface area (Å²) in [6.07, 6.45) is 2.84. The van der Waals surface area contributed by atoms with E-state index in [0.717, 1.165) is 0 Å².